The Labute approximate surface area is 238 Å². The Hall–Kier alpha value is -3.52. The number of nitrogens with one attached hydrogen (secondary N) is 3. The van der Waals surface area contributed by atoms with Crippen molar-refractivity contribution in [3.8, 4) is 5.69 Å². The van der Waals surface area contributed by atoms with Gasteiger partial charge in [0, 0.05) is 17.9 Å². The molecule has 0 unspecified atom stereocenters. The van der Waals surface area contributed by atoms with Crippen molar-refractivity contribution in [2.75, 3.05) is 36.8 Å². The SMILES string of the molecule is O=C(Nc1ccc(-n2cnc3cc(NCCCN4CCCC4)ccc3c2=O)c(F)c1)NS(=O)(=O)c1ccc(Cl)s1. The van der Waals surface area contributed by atoms with Gasteiger partial charge in [0.15, 0.2) is 0 Å². The van der Waals surface area contributed by atoms with Crippen molar-refractivity contribution >= 4 is 61.3 Å². The topological polar surface area (TPSA) is 125 Å². The van der Waals surface area contributed by atoms with Crippen molar-refractivity contribution in [1.82, 2.24) is 19.2 Å². The van der Waals surface area contributed by atoms with Gasteiger partial charge in [0.25, 0.3) is 15.6 Å². The molecule has 0 saturated carbocycles. The van der Waals surface area contributed by atoms with E-state index in [1.54, 1.807) is 18.2 Å². The van der Waals surface area contributed by atoms with E-state index in [0.717, 1.165) is 60.3 Å². The summed E-state index contributed by atoms with van der Waals surface area (Å²) >= 11 is 6.55. The van der Waals surface area contributed by atoms with E-state index in [4.69, 9.17) is 11.6 Å². The van der Waals surface area contributed by atoms with E-state index in [1.807, 2.05) is 4.72 Å². The van der Waals surface area contributed by atoms with E-state index in [2.05, 4.69) is 20.5 Å². The van der Waals surface area contributed by atoms with Gasteiger partial charge < -0.3 is 15.5 Å². The summed E-state index contributed by atoms with van der Waals surface area (Å²) in [6, 6.07) is 10.4. The Kier molecular flexibility index (Phi) is 8.35. The number of fused-ring (bicyclic) bond motifs is 1. The molecule has 10 nitrogen and oxygen atoms in total. The molecule has 1 saturated heterocycles. The van der Waals surface area contributed by atoms with Gasteiger partial charge in [-0.15, -0.1) is 11.3 Å². The lowest BCUT2D eigenvalue weighted by molar-refractivity contribution is 0.256. The lowest BCUT2D eigenvalue weighted by Gasteiger charge is -2.15. The largest absolute Gasteiger partial charge is 0.385 e. The fourth-order valence-corrected chi connectivity index (χ4v) is 6.89. The summed E-state index contributed by atoms with van der Waals surface area (Å²) < 4.78 is 42.6. The molecule has 2 aromatic heterocycles. The lowest BCUT2D eigenvalue weighted by atomic mass is 10.2. The van der Waals surface area contributed by atoms with E-state index in [9.17, 15) is 18.0 Å². The molecule has 2 aromatic carbocycles. The molecular formula is C26H26ClFN6O4S2. The molecule has 0 radical (unpaired) electrons. The maximum absolute atomic E-state index is 15.0. The quantitative estimate of drug-likeness (QED) is 0.238. The third-order valence-electron chi connectivity index (χ3n) is 6.44. The number of nitrogens with zero attached hydrogens (tertiary/aromatic N) is 3. The van der Waals surface area contributed by atoms with Gasteiger partial charge in [-0.05, 0) is 87.4 Å². The first kappa shape index (κ1) is 28.0. The van der Waals surface area contributed by atoms with E-state index in [-0.39, 0.29) is 19.9 Å². The molecule has 0 bridgehead atoms. The van der Waals surface area contributed by atoms with E-state index >= 15 is 4.39 Å². The molecule has 1 fully saturated rings. The number of hydrogen-bond donors (Lipinski definition) is 3. The molecule has 0 spiro atoms. The van der Waals surface area contributed by atoms with Crippen molar-refractivity contribution in [3.63, 3.8) is 0 Å². The molecule has 2 amide bonds. The van der Waals surface area contributed by atoms with Crippen LogP contribution in [0.4, 0.5) is 20.6 Å². The number of halogens is 2. The minimum absolute atomic E-state index is 0.0135. The average molecular weight is 605 g/mol. The average Bonchev–Trinajstić information content (AvgIpc) is 3.59. The molecule has 1 aliphatic rings. The standard InChI is InChI=1S/C26H26ClFN6O4S2/c27-23-8-9-24(39-23)40(37,38)32-26(36)31-18-5-7-22(20(28)14-18)34-16-30-21-15-17(4-6-19(21)25(34)35)29-10-3-13-33-11-1-2-12-33/h4-9,14-16,29H,1-3,10-13H2,(H2,31,32,36). The molecule has 3 heterocycles. The highest BCUT2D eigenvalue weighted by atomic mass is 35.5. The first-order chi connectivity index (χ1) is 19.2. The Morgan fingerprint density at radius 1 is 1.07 bits per heavy atom. The van der Waals surface area contributed by atoms with Crippen LogP contribution < -0.4 is 20.9 Å². The lowest BCUT2D eigenvalue weighted by Crippen LogP contribution is -2.34. The van der Waals surface area contributed by atoms with E-state index in [1.165, 1.54) is 43.4 Å². The number of hydrogen-bond acceptors (Lipinski definition) is 8. The third-order valence-corrected chi connectivity index (χ3v) is 9.50. The zero-order chi connectivity index (χ0) is 28.3. The summed E-state index contributed by atoms with van der Waals surface area (Å²) in [5.74, 6) is -0.815. The van der Waals surface area contributed by atoms with Gasteiger partial charge in [-0.25, -0.2) is 27.3 Å². The predicted octanol–water partition coefficient (Wildman–Crippen LogP) is 4.65. The van der Waals surface area contributed by atoms with Crippen LogP contribution in [0.15, 0.2) is 63.9 Å². The Bertz CT molecular complexity index is 1720. The van der Waals surface area contributed by atoms with Crippen LogP contribution in [-0.2, 0) is 10.0 Å². The van der Waals surface area contributed by atoms with Gasteiger partial charge in [0.05, 0.1) is 20.9 Å². The molecule has 210 valence electrons. The molecule has 0 atom stereocenters. The van der Waals surface area contributed by atoms with Crippen LogP contribution in [0.2, 0.25) is 4.34 Å². The summed E-state index contributed by atoms with van der Waals surface area (Å²) in [5.41, 5.74) is 0.788. The third kappa shape index (κ3) is 6.44. The normalized spacial score (nSPS) is 13.9. The van der Waals surface area contributed by atoms with Crippen LogP contribution in [0.5, 0.6) is 0 Å². The van der Waals surface area contributed by atoms with Crippen LogP contribution >= 0.6 is 22.9 Å². The first-order valence-corrected chi connectivity index (χ1v) is 15.2. The number of sulfonamides is 1. The van der Waals surface area contributed by atoms with Gasteiger partial charge in [0.1, 0.15) is 16.4 Å². The summed E-state index contributed by atoms with van der Waals surface area (Å²) in [5, 5.41) is 5.96. The molecule has 14 heteroatoms. The zero-order valence-electron chi connectivity index (χ0n) is 21.2. The molecule has 3 N–H and O–H groups in total. The second-order valence-electron chi connectivity index (χ2n) is 9.27. The number of rotatable bonds is 9. The minimum Gasteiger partial charge on any atom is -0.385 e. The van der Waals surface area contributed by atoms with Crippen molar-refractivity contribution in [3.05, 3.63) is 75.4 Å². The number of aromatic nitrogens is 2. The maximum Gasteiger partial charge on any atom is 0.333 e. The molecule has 4 aromatic rings. The van der Waals surface area contributed by atoms with Gasteiger partial charge in [-0.3, -0.25) is 9.36 Å². The fourth-order valence-electron chi connectivity index (χ4n) is 4.50. The summed E-state index contributed by atoms with van der Waals surface area (Å²) in [6.07, 6.45) is 4.79. The van der Waals surface area contributed by atoms with E-state index < -0.39 is 27.4 Å². The van der Waals surface area contributed by atoms with Gasteiger partial charge in [-0.2, -0.15) is 0 Å². The number of carbonyl (C=O) groups is 1. The number of carbonyl (C=O) groups excluding carboxylic acids is 1. The number of urea groups is 1. The van der Waals surface area contributed by atoms with Crippen LogP contribution in [0.1, 0.15) is 19.3 Å². The monoisotopic (exact) mass is 604 g/mol. The highest BCUT2D eigenvalue weighted by Crippen LogP contribution is 2.25. The predicted molar refractivity (Wildman–Crippen MR) is 155 cm³/mol. The van der Waals surface area contributed by atoms with Crippen molar-refractivity contribution in [2.24, 2.45) is 0 Å². The number of anilines is 2. The van der Waals surface area contributed by atoms with Crippen molar-refractivity contribution in [1.29, 1.82) is 0 Å². The fraction of sp³-hybridized carbons (Fsp3) is 0.269. The van der Waals surface area contributed by atoms with Gasteiger partial charge in [0.2, 0.25) is 0 Å². The Balaban J connectivity index is 1.25. The first-order valence-electron chi connectivity index (χ1n) is 12.6. The summed E-state index contributed by atoms with van der Waals surface area (Å²) in [7, 11) is -4.14. The minimum atomic E-state index is -4.14. The van der Waals surface area contributed by atoms with Crippen molar-refractivity contribution < 1.29 is 17.6 Å². The maximum atomic E-state index is 15.0. The highest BCUT2D eigenvalue weighted by Gasteiger charge is 2.20. The molecular weight excluding hydrogens is 579 g/mol. The number of likely N-dealkylation sites (tertiary alicyclic amines) is 1. The van der Waals surface area contributed by atoms with Crippen molar-refractivity contribution in [2.45, 2.75) is 23.5 Å². The Morgan fingerprint density at radius 2 is 1.85 bits per heavy atom. The van der Waals surface area contributed by atoms with Crippen LogP contribution in [0.25, 0.3) is 16.6 Å². The summed E-state index contributed by atoms with van der Waals surface area (Å²) in [4.78, 5) is 32.2. The molecule has 0 aliphatic carbocycles. The highest BCUT2D eigenvalue weighted by molar-refractivity contribution is 7.92. The van der Waals surface area contributed by atoms with Crippen LogP contribution in [0.3, 0.4) is 0 Å². The summed E-state index contributed by atoms with van der Waals surface area (Å²) in [6.45, 7) is 4.18. The second kappa shape index (κ2) is 11.9. The number of amides is 2. The molecule has 5 rings (SSSR count). The number of benzene rings is 2. The number of thiophene rings is 1. The molecule has 1 aliphatic heterocycles. The Morgan fingerprint density at radius 3 is 2.58 bits per heavy atom. The zero-order valence-corrected chi connectivity index (χ0v) is 23.6. The molecule has 40 heavy (non-hydrogen) atoms. The van der Waals surface area contributed by atoms with Gasteiger partial charge in [-0.1, -0.05) is 11.6 Å². The second-order valence-corrected chi connectivity index (χ2v) is 12.9. The van der Waals surface area contributed by atoms with Crippen LogP contribution in [0, 0.1) is 5.82 Å². The smallest absolute Gasteiger partial charge is 0.333 e. The van der Waals surface area contributed by atoms with E-state index in [0.29, 0.717) is 10.9 Å². The van der Waals surface area contributed by atoms with Crippen LogP contribution in [-0.4, -0.2) is 55.1 Å². The van der Waals surface area contributed by atoms with Gasteiger partial charge >= 0.3 is 6.03 Å².